The largest absolute Gasteiger partial charge is 0.493 e. The summed E-state index contributed by atoms with van der Waals surface area (Å²) in [6, 6.07) is 14.8. The van der Waals surface area contributed by atoms with Crippen LogP contribution < -0.4 is 4.74 Å². The van der Waals surface area contributed by atoms with Gasteiger partial charge < -0.3 is 14.1 Å². The van der Waals surface area contributed by atoms with E-state index in [1.807, 2.05) is 42.5 Å². The lowest BCUT2D eigenvalue weighted by molar-refractivity contribution is 0.0717. The van der Waals surface area contributed by atoms with E-state index in [9.17, 15) is 4.79 Å². The number of rotatable bonds is 8. The third-order valence-electron chi connectivity index (χ3n) is 3.97. The van der Waals surface area contributed by atoms with E-state index in [0.29, 0.717) is 36.9 Å². The predicted octanol–water partition coefficient (Wildman–Crippen LogP) is 4.55. The number of ether oxygens (including phenoxy) is 1. The van der Waals surface area contributed by atoms with Crippen LogP contribution in [-0.4, -0.2) is 22.4 Å². The first-order valence-corrected chi connectivity index (χ1v) is 9.05. The van der Waals surface area contributed by atoms with E-state index in [2.05, 4.69) is 18.8 Å². The van der Waals surface area contributed by atoms with E-state index in [1.54, 1.807) is 29.6 Å². The molecule has 0 radical (unpaired) electrons. The standard InChI is InChI=1S/C22H24N2O3/c1-17(2)16-27-20-8-3-7-19(12-20)22(25)24(15-21-9-5-11-26-21)14-18-6-4-10-23-13-18/h3-13,17H,14-16H2,1-2H3. The number of carbonyl (C=O) groups excluding carboxylic acids is 1. The van der Waals surface area contributed by atoms with Crippen molar-refractivity contribution in [2.75, 3.05) is 6.61 Å². The third-order valence-corrected chi connectivity index (χ3v) is 3.97. The Hall–Kier alpha value is -3.08. The summed E-state index contributed by atoms with van der Waals surface area (Å²) in [4.78, 5) is 19.1. The van der Waals surface area contributed by atoms with Crippen molar-refractivity contribution < 1.29 is 13.9 Å². The smallest absolute Gasteiger partial charge is 0.254 e. The molecule has 0 N–H and O–H groups in total. The molecule has 3 aromatic rings. The molecule has 1 aromatic carbocycles. The van der Waals surface area contributed by atoms with Gasteiger partial charge in [0.15, 0.2) is 0 Å². The van der Waals surface area contributed by atoms with E-state index in [0.717, 1.165) is 11.3 Å². The molecule has 0 aliphatic rings. The maximum atomic E-state index is 13.2. The second kappa shape index (κ2) is 9.03. The summed E-state index contributed by atoms with van der Waals surface area (Å²) in [6.45, 7) is 5.63. The fraction of sp³-hybridized carbons (Fsp3) is 0.273. The number of furan rings is 1. The topological polar surface area (TPSA) is 55.6 Å². The number of nitrogens with zero attached hydrogens (tertiary/aromatic N) is 2. The van der Waals surface area contributed by atoms with E-state index >= 15 is 0 Å². The van der Waals surface area contributed by atoms with Gasteiger partial charge in [-0.05, 0) is 47.9 Å². The number of aromatic nitrogens is 1. The zero-order valence-corrected chi connectivity index (χ0v) is 15.7. The molecule has 5 nitrogen and oxygen atoms in total. The Kier molecular flexibility index (Phi) is 6.26. The highest BCUT2D eigenvalue weighted by Gasteiger charge is 2.18. The molecule has 0 atom stereocenters. The highest BCUT2D eigenvalue weighted by Crippen LogP contribution is 2.19. The minimum Gasteiger partial charge on any atom is -0.493 e. The number of hydrogen-bond acceptors (Lipinski definition) is 4. The molecule has 5 heteroatoms. The molecule has 0 fully saturated rings. The summed E-state index contributed by atoms with van der Waals surface area (Å²) >= 11 is 0. The van der Waals surface area contributed by atoms with Crippen molar-refractivity contribution in [1.82, 2.24) is 9.88 Å². The summed E-state index contributed by atoms with van der Waals surface area (Å²) in [6.07, 6.45) is 5.10. The molecule has 2 aromatic heterocycles. The van der Waals surface area contributed by atoms with Gasteiger partial charge in [0.25, 0.3) is 5.91 Å². The molecule has 27 heavy (non-hydrogen) atoms. The van der Waals surface area contributed by atoms with Crippen molar-refractivity contribution in [1.29, 1.82) is 0 Å². The summed E-state index contributed by atoms with van der Waals surface area (Å²) in [5.74, 6) is 1.78. The Morgan fingerprint density at radius 1 is 1.15 bits per heavy atom. The lowest BCUT2D eigenvalue weighted by atomic mass is 10.1. The van der Waals surface area contributed by atoms with Gasteiger partial charge in [0.1, 0.15) is 11.5 Å². The summed E-state index contributed by atoms with van der Waals surface area (Å²) in [5, 5.41) is 0. The van der Waals surface area contributed by atoms with Crippen LogP contribution in [0.1, 0.15) is 35.5 Å². The molecule has 0 saturated carbocycles. The van der Waals surface area contributed by atoms with Crippen molar-refractivity contribution in [2.45, 2.75) is 26.9 Å². The molecule has 0 unspecified atom stereocenters. The van der Waals surface area contributed by atoms with Gasteiger partial charge in [0.2, 0.25) is 0 Å². The van der Waals surface area contributed by atoms with Gasteiger partial charge in [-0.1, -0.05) is 26.0 Å². The number of pyridine rings is 1. The molecule has 140 valence electrons. The molecule has 0 bridgehead atoms. The zero-order valence-electron chi connectivity index (χ0n) is 15.7. The first-order valence-electron chi connectivity index (χ1n) is 9.05. The average molecular weight is 364 g/mol. The van der Waals surface area contributed by atoms with E-state index < -0.39 is 0 Å². The van der Waals surface area contributed by atoms with Crippen LogP contribution >= 0.6 is 0 Å². The summed E-state index contributed by atoms with van der Waals surface area (Å²) in [5.41, 5.74) is 1.55. The van der Waals surface area contributed by atoms with Crippen LogP contribution in [0.3, 0.4) is 0 Å². The van der Waals surface area contributed by atoms with Gasteiger partial charge in [-0.2, -0.15) is 0 Å². The van der Waals surface area contributed by atoms with Crippen LogP contribution in [0.4, 0.5) is 0 Å². The SMILES string of the molecule is CC(C)COc1cccc(C(=O)N(Cc2cccnc2)Cc2ccco2)c1. The normalized spacial score (nSPS) is 10.8. The van der Waals surface area contributed by atoms with Crippen LogP contribution in [0.25, 0.3) is 0 Å². The summed E-state index contributed by atoms with van der Waals surface area (Å²) < 4.78 is 11.2. The monoisotopic (exact) mass is 364 g/mol. The van der Waals surface area contributed by atoms with Crippen LogP contribution in [0.5, 0.6) is 5.75 Å². The maximum absolute atomic E-state index is 13.2. The fourth-order valence-corrected chi connectivity index (χ4v) is 2.67. The Balaban J connectivity index is 1.80. The molecule has 0 aliphatic heterocycles. The van der Waals surface area contributed by atoms with Gasteiger partial charge in [-0.25, -0.2) is 0 Å². The lowest BCUT2D eigenvalue weighted by Crippen LogP contribution is -2.30. The van der Waals surface area contributed by atoms with E-state index in [1.165, 1.54) is 0 Å². The van der Waals surface area contributed by atoms with Crippen molar-refractivity contribution >= 4 is 5.91 Å². The Morgan fingerprint density at radius 3 is 2.74 bits per heavy atom. The van der Waals surface area contributed by atoms with Crippen LogP contribution in [0, 0.1) is 5.92 Å². The third kappa shape index (κ3) is 5.45. The number of carbonyl (C=O) groups is 1. The minimum atomic E-state index is -0.0785. The number of benzene rings is 1. The van der Waals surface area contributed by atoms with Crippen LogP contribution in [-0.2, 0) is 13.1 Å². The Morgan fingerprint density at radius 2 is 2.04 bits per heavy atom. The van der Waals surface area contributed by atoms with Crippen LogP contribution in [0.2, 0.25) is 0 Å². The van der Waals surface area contributed by atoms with Crippen molar-refractivity contribution in [3.8, 4) is 5.75 Å². The molecule has 0 aliphatic carbocycles. The van der Waals surface area contributed by atoms with Gasteiger partial charge in [0, 0.05) is 24.5 Å². The first kappa shape index (κ1) is 18.7. The highest BCUT2D eigenvalue weighted by molar-refractivity contribution is 5.94. The molecule has 1 amide bonds. The Labute approximate surface area is 159 Å². The molecule has 0 spiro atoms. The Bertz CT molecular complexity index is 845. The fourth-order valence-electron chi connectivity index (χ4n) is 2.67. The molecule has 3 rings (SSSR count). The van der Waals surface area contributed by atoms with Gasteiger partial charge >= 0.3 is 0 Å². The lowest BCUT2D eigenvalue weighted by Gasteiger charge is -2.22. The van der Waals surface area contributed by atoms with Gasteiger partial charge in [0.05, 0.1) is 19.4 Å². The summed E-state index contributed by atoms with van der Waals surface area (Å²) in [7, 11) is 0. The van der Waals surface area contributed by atoms with E-state index in [-0.39, 0.29) is 5.91 Å². The second-order valence-electron chi connectivity index (χ2n) is 6.83. The molecule has 2 heterocycles. The van der Waals surface area contributed by atoms with Gasteiger partial charge in [-0.15, -0.1) is 0 Å². The van der Waals surface area contributed by atoms with Crippen molar-refractivity contribution in [3.63, 3.8) is 0 Å². The molecular formula is C22H24N2O3. The van der Waals surface area contributed by atoms with Crippen molar-refractivity contribution in [2.24, 2.45) is 5.92 Å². The van der Waals surface area contributed by atoms with Crippen LogP contribution in [0.15, 0.2) is 71.6 Å². The highest BCUT2D eigenvalue weighted by atomic mass is 16.5. The average Bonchev–Trinajstić information content (AvgIpc) is 3.19. The first-order chi connectivity index (χ1) is 13.1. The zero-order chi connectivity index (χ0) is 19.1. The molecular weight excluding hydrogens is 340 g/mol. The number of hydrogen-bond donors (Lipinski definition) is 0. The van der Waals surface area contributed by atoms with Crippen molar-refractivity contribution in [3.05, 3.63) is 84.1 Å². The van der Waals surface area contributed by atoms with Gasteiger partial charge in [-0.3, -0.25) is 9.78 Å². The second-order valence-corrected chi connectivity index (χ2v) is 6.83. The number of amides is 1. The van der Waals surface area contributed by atoms with E-state index in [4.69, 9.17) is 9.15 Å². The quantitative estimate of drug-likeness (QED) is 0.588. The predicted molar refractivity (Wildman–Crippen MR) is 103 cm³/mol. The minimum absolute atomic E-state index is 0.0785. The molecule has 0 saturated heterocycles. The maximum Gasteiger partial charge on any atom is 0.254 e.